The second-order valence-electron chi connectivity index (χ2n) is 4.35. The molecule has 1 heterocycles. The number of halogens is 1. The molecule has 1 amide bonds. The molecule has 1 unspecified atom stereocenters. The fourth-order valence-corrected chi connectivity index (χ4v) is 1.99. The molecule has 1 aromatic rings. The Balaban J connectivity index is 2.15. The molecule has 1 aromatic heterocycles. The highest BCUT2D eigenvalue weighted by molar-refractivity contribution is 6.33. The van der Waals surface area contributed by atoms with Gasteiger partial charge in [-0.1, -0.05) is 11.6 Å². The van der Waals surface area contributed by atoms with Crippen LogP contribution in [0.4, 0.5) is 0 Å². The van der Waals surface area contributed by atoms with Gasteiger partial charge >= 0.3 is 0 Å². The summed E-state index contributed by atoms with van der Waals surface area (Å²) in [4.78, 5) is 17.8. The molecule has 1 atom stereocenters. The lowest BCUT2D eigenvalue weighted by molar-refractivity contribution is 0.0727. The van der Waals surface area contributed by atoms with Gasteiger partial charge in [0.15, 0.2) is 0 Å². The van der Waals surface area contributed by atoms with Crippen molar-refractivity contribution in [1.82, 2.24) is 9.88 Å². The third kappa shape index (κ3) is 2.19. The average Bonchev–Trinajstić information content (AvgIpc) is 3.11. The molecule has 0 radical (unpaired) electrons. The SMILES string of the molecule is CC(C1CC1)N(C)C(=O)c1cnccc1Cl. The van der Waals surface area contributed by atoms with E-state index in [-0.39, 0.29) is 11.9 Å². The topological polar surface area (TPSA) is 33.2 Å². The van der Waals surface area contributed by atoms with Crippen LogP contribution in [-0.4, -0.2) is 28.9 Å². The molecule has 0 bridgehead atoms. The summed E-state index contributed by atoms with van der Waals surface area (Å²) in [7, 11) is 1.83. The first kappa shape index (κ1) is 11.4. The van der Waals surface area contributed by atoms with Crippen LogP contribution in [0.1, 0.15) is 30.1 Å². The largest absolute Gasteiger partial charge is 0.339 e. The molecule has 4 heteroatoms. The lowest BCUT2D eigenvalue weighted by Crippen LogP contribution is -2.36. The maximum absolute atomic E-state index is 12.1. The van der Waals surface area contributed by atoms with Crippen LogP contribution in [0.2, 0.25) is 5.02 Å². The van der Waals surface area contributed by atoms with E-state index < -0.39 is 0 Å². The van der Waals surface area contributed by atoms with Crippen LogP contribution in [0.25, 0.3) is 0 Å². The molecule has 1 saturated carbocycles. The summed E-state index contributed by atoms with van der Waals surface area (Å²) in [6.07, 6.45) is 5.56. The number of hydrogen-bond donors (Lipinski definition) is 0. The molecule has 1 aliphatic carbocycles. The van der Waals surface area contributed by atoms with Crippen molar-refractivity contribution in [3.63, 3.8) is 0 Å². The number of nitrogens with zero attached hydrogens (tertiary/aromatic N) is 2. The molecule has 16 heavy (non-hydrogen) atoms. The molecule has 0 N–H and O–H groups in total. The van der Waals surface area contributed by atoms with E-state index in [2.05, 4.69) is 11.9 Å². The molecule has 0 saturated heterocycles. The summed E-state index contributed by atoms with van der Waals surface area (Å²) >= 11 is 5.98. The van der Waals surface area contributed by atoms with Crippen molar-refractivity contribution in [1.29, 1.82) is 0 Å². The molecular formula is C12H15ClN2O. The first-order valence-corrected chi connectivity index (χ1v) is 5.85. The fraction of sp³-hybridized carbons (Fsp3) is 0.500. The zero-order valence-corrected chi connectivity index (χ0v) is 10.2. The predicted octanol–water partition coefficient (Wildman–Crippen LogP) is 2.61. The number of carbonyl (C=O) groups is 1. The zero-order valence-electron chi connectivity index (χ0n) is 9.48. The summed E-state index contributed by atoms with van der Waals surface area (Å²) in [5.74, 6) is 0.613. The molecule has 0 aromatic carbocycles. The minimum Gasteiger partial charge on any atom is -0.339 e. The number of rotatable bonds is 3. The van der Waals surface area contributed by atoms with Crippen molar-refractivity contribution < 1.29 is 4.79 Å². The van der Waals surface area contributed by atoms with Crippen molar-refractivity contribution in [2.45, 2.75) is 25.8 Å². The van der Waals surface area contributed by atoms with Crippen LogP contribution in [0, 0.1) is 5.92 Å². The Morgan fingerprint density at radius 2 is 2.31 bits per heavy atom. The molecule has 3 nitrogen and oxygen atoms in total. The van der Waals surface area contributed by atoms with Gasteiger partial charge in [0.05, 0.1) is 10.6 Å². The van der Waals surface area contributed by atoms with Gasteiger partial charge in [0, 0.05) is 25.5 Å². The minimum atomic E-state index is -0.0440. The lowest BCUT2D eigenvalue weighted by atomic mass is 10.1. The Hall–Kier alpha value is -1.09. The average molecular weight is 239 g/mol. The maximum Gasteiger partial charge on any atom is 0.256 e. The van der Waals surface area contributed by atoms with Gasteiger partial charge in [0.2, 0.25) is 0 Å². The molecule has 0 aliphatic heterocycles. The Bertz CT molecular complexity index is 404. The lowest BCUT2D eigenvalue weighted by Gasteiger charge is -2.25. The maximum atomic E-state index is 12.1. The number of aromatic nitrogens is 1. The molecular weight excluding hydrogens is 224 g/mol. The van der Waals surface area contributed by atoms with E-state index in [1.54, 1.807) is 17.2 Å². The number of hydrogen-bond acceptors (Lipinski definition) is 2. The second kappa shape index (κ2) is 4.42. The standard InChI is InChI=1S/C12H15ClN2O/c1-8(9-3-4-9)15(2)12(16)10-7-14-6-5-11(10)13/h5-9H,3-4H2,1-2H3. The van der Waals surface area contributed by atoms with Gasteiger partial charge in [-0.3, -0.25) is 9.78 Å². The van der Waals surface area contributed by atoms with Gasteiger partial charge in [0.25, 0.3) is 5.91 Å². The second-order valence-corrected chi connectivity index (χ2v) is 4.76. The van der Waals surface area contributed by atoms with Gasteiger partial charge in [-0.15, -0.1) is 0 Å². The van der Waals surface area contributed by atoms with Gasteiger partial charge in [-0.05, 0) is 31.7 Å². The smallest absolute Gasteiger partial charge is 0.256 e. The van der Waals surface area contributed by atoms with Crippen LogP contribution < -0.4 is 0 Å². The van der Waals surface area contributed by atoms with Crippen molar-refractivity contribution >= 4 is 17.5 Å². The highest BCUT2D eigenvalue weighted by Crippen LogP contribution is 2.35. The number of carbonyl (C=O) groups excluding carboxylic acids is 1. The van der Waals surface area contributed by atoms with Crippen LogP contribution in [-0.2, 0) is 0 Å². The Morgan fingerprint density at radius 1 is 1.62 bits per heavy atom. The first-order chi connectivity index (χ1) is 7.61. The van der Waals surface area contributed by atoms with E-state index in [4.69, 9.17) is 11.6 Å². The van der Waals surface area contributed by atoms with Crippen LogP contribution in [0.3, 0.4) is 0 Å². The Morgan fingerprint density at radius 3 is 2.88 bits per heavy atom. The van der Waals surface area contributed by atoms with Crippen LogP contribution in [0.15, 0.2) is 18.5 Å². The third-order valence-corrected chi connectivity index (χ3v) is 3.56. The van der Waals surface area contributed by atoms with Crippen molar-refractivity contribution in [3.05, 3.63) is 29.0 Å². The van der Waals surface area contributed by atoms with E-state index in [9.17, 15) is 4.79 Å². The third-order valence-electron chi connectivity index (χ3n) is 3.23. The first-order valence-electron chi connectivity index (χ1n) is 5.48. The number of amides is 1. The van der Waals surface area contributed by atoms with Crippen LogP contribution in [0.5, 0.6) is 0 Å². The van der Waals surface area contributed by atoms with E-state index in [1.807, 2.05) is 7.05 Å². The molecule has 1 fully saturated rings. The van der Waals surface area contributed by atoms with E-state index in [0.29, 0.717) is 16.5 Å². The Kier molecular flexibility index (Phi) is 3.15. The van der Waals surface area contributed by atoms with Gasteiger partial charge < -0.3 is 4.90 Å². The molecule has 0 spiro atoms. The summed E-state index contributed by atoms with van der Waals surface area (Å²) in [6.45, 7) is 2.08. The molecule has 2 rings (SSSR count). The molecule has 86 valence electrons. The van der Waals surface area contributed by atoms with Crippen molar-refractivity contribution in [2.75, 3.05) is 7.05 Å². The van der Waals surface area contributed by atoms with Crippen molar-refractivity contribution in [2.24, 2.45) is 5.92 Å². The Labute approximate surface area is 100 Å². The predicted molar refractivity (Wildman–Crippen MR) is 63.5 cm³/mol. The van der Waals surface area contributed by atoms with Gasteiger partial charge in [-0.2, -0.15) is 0 Å². The summed E-state index contributed by atoms with van der Waals surface area (Å²) in [5, 5.41) is 0.467. The zero-order chi connectivity index (χ0) is 11.7. The minimum absolute atomic E-state index is 0.0440. The quantitative estimate of drug-likeness (QED) is 0.811. The number of pyridine rings is 1. The summed E-state index contributed by atoms with van der Waals surface area (Å²) in [5.41, 5.74) is 0.485. The highest BCUT2D eigenvalue weighted by Gasteiger charge is 2.33. The van der Waals surface area contributed by atoms with E-state index in [0.717, 1.165) is 0 Å². The monoisotopic (exact) mass is 238 g/mol. The fourth-order valence-electron chi connectivity index (χ4n) is 1.80. The summed E-state index contributed by atoms with van der Waals surface area (Å²) < 4.78 is 0. The van der Waals surface area contributed by atoms with Crippen molar-refractivity contribution in [3.8, 4) is 0 Å². The summed E-state index contributed by atoms with van der Waals surface area (Å²) in [6, 6.07) is 1.92. The van der Waals surface area contributed by atoms with E-state index in [1.165, 1.54) is 19.0 Å². The van der Waals surface area contributed by atoms with Gasteiger partial charge in [-0.25, -0.2) is 0 Å². The molecule has 1 aliphatic rings. The highest BCUT2D eigenvalue weighted by atomic mass is 35.5. The normalized spacial score (nSPS) is 16.9. The van der Waals surface area contributed by atoms with Gasteiger partial charge in [0.1, 0.15) is 0 Å². The van der Waals surface area contributed by atoms with Crippen LogP contribution >= 0.6 is 11.6 Å². The van der Waals surface area contributed by atoms with E-state index >= 15 is 0 Å².